The Labute approximate surface area is 131 Å². The minimum atomic E-state index is -0.101. The minimum Gasteiger partial charge on any atom is -0.495 e. The van der Waals surface area contributed by atoms with Gasteiger partial charge in [-0.15, -0.1) is 0 Å². The fraction of sp³-hybridized carbons (Fsp3) is 0.133. The molecule has 4 nitrogen and oxygen atoms in total. The third-order valence-electron chi connectivity index (χ3n) is 2.85. The molecule has 0 aliphatic heterocycles. The van der Waals surface area contributed by atoms with Crippen LogP contribution in [-0.4, -0.2) is 13.0 Å². The number of ether oxygens (including phenoxy) is 1. The second kappa shape index (κ2) is 6.60. The van der Waals surface area contributed by atoms with Crippen LogP contribution in [-0.2, 0) is 6.54 Å². The van der Waals surface area contributed by atoms with E-state index in [0.29, 0.717) is 23.5 Å². The Bertz CT molecular complexity index is 612. The predicted octanol–water partition coefficient (Wildman–Crippen LogP) is 2.81. The topological polar surface area (TPSA) is 64.3 Å². The molecule has 0 aromatic heterocycles. The zero-order chi connectivity index (χ0) is 14.5. The van der Waals surface area contributed by atoms with Crippen molar-refractivity contribution >= 4 is 34.2 Å². The molecule has 5 heteroatoms. The van der Waals surface area contributed by atoms with Crippen molar-refractivity contribution in [1.82, 2.24) is 5.32 Å². The van der Waals surface area contributed by atoms with Crippen LogP contribution in [0.5, 0.6) is 5.75 Å². The van der Waals surface area contributed by atoms with Gasteiger partial charge in [0.2, 0.25) is 0 Å². The van der Waals surface area contributed by atoms with Crippen LogP contribution in [0.1, 0.15) is 15.9 Å². The summed E-state index contributed by atoms with van der Waals surface area (Å²) in [6.45, 7) is 0.430. The van der Waals surface area contributed by atoms with Crippen LogP contribution in [0.2, 0.25) is 0 Å². The number of carbonyl (C=O) groups is 1. The number of methoxy groups -OCH3 is 1. The summed E-state index contributed by atoms with van der Waals surface area (Å²) in [7, 11) is 1.57. The van der Waals surface area contributed by atoms with Gasteiger partial charge < -0.3 is 15.8 Å². The quantitative estimate of drug-likeness (QED) is 0.632. The number of benzene rings is 2. The van der Waals surface area contributed by atoms with E-state index in [4.69, 9.17) is 10.5 Å². The van der Waals surface area contributed by atoms with Crippen molar-refractivity contribution in [2.24, 2.45) is 0 Å². The molecule has 0 saturated carbocycles. The molecule has 0 spiro atoms. The Morgan fingerprint density at radius 2 is 1.95 bits per heavy atom. The average Bonchev–Trinajstić information content (AvgIpc) is 2.45. The smallest absolute Gasteiger partial charge is 0.251 e. The number of rotatable bonds is 4. The summed E-state index contributed by atoms with van der Waals surface area (Å²) in [6.07, 6.45) is 0. The Balaban J connectivity index is 1.99. The highest BCUT2D eigenvalue weighted by Gasteiger charge is 2.06. The summed E-state index contributed by atoms with van der Waals surface area (Å²) in [5.41, 5.74) is 7.97. The summed E-state index contributed by atoms with van der Waals surface area (Å²) in [4.78, 5) is 12.0. The highest BCUT2D eigenvalue weighted by atomic mass is 127. The first-order valence-electron chi connectivity index (χ1n) is 6.06. The van der Waals surface area contributed by atoms with Gasteiger partial charge in [-0.25, -0.2) is 0 Å². The molecule has 2 rings (SSSR count). The van der Waals surface area contributed by atoms with E-state index in [0.717, 1.165) is 9.13 Å². The van der Waals surface area contributed by atoms with E-state index in [1.807, 2.05) is 18.2 Å². The summed E-state index contributed by atoms with van der Waals surface area (Å²) in [5.74, 6) is 0.536. The summed E-state index contributed by atoms with van der Waals surface area (Å²) < 4.78 is 6.19. The second-order valence-corrected chi connectivity index (χ2v) is 5.51. The fourth-order valence-corrected chi connectivity index (χ4v) is 2.14. The molecule has 0 bridgehead atoms. The van der Waals surface area contributed by atoms with Crippen LogP contribution in [0.3, 0.4) is 0 Å². The molecular weight excluding hydrogens is 367 g/mol. The zero-order valence-electron chi connectivity index (χ0n) is 11.0. The van der Waals surface area contributed by atoms with E-state index in [9.17, 15) is 4.79 Å². The summed E-state index contributed by atoms with van der Waals surface area (Å²) in [6, 6.07) is 12.9. The lowest BCUT2D eigenvalue weighted by molar-refractivity contribution is 0.0951. The van der Waals surface area contributed by atoms with E-state index < -0.39 is 0 Å². The molecule has 0 atom stereocenters. The van der Waals surface area contributed by atoms with Gasteiger partial charge in [0, 0.05) is 15.7 Å². The fourth-order valence-electron chi connectivity index (χ4n) is 1.78. The molecule has 2 aromatic rings. The maximum atomic E-state index is 12.0. The van der Waals surface area contributed by atoms with E-state index >= 15 is 0 Å². The number of nitrogens with one attached hydrogen (secondary N) is 1. The second-order valence-electron chi connectivity index (χ2n) is 4.27. The van der Waals surface area contributed by atoms with Gasteiger partial charge in [0.25, 0.3) is 5.91 Å². The number of hydrogen-bond donors (Lipinski definition) is 2. The molecule has 104 valence electrons. The number of anilines is 1. The van der Waals surface area contributed by atoms with Gasteiger partial charge in [-0.1, -0.05) is 6.07 Å². The van der Waals surface area contributed by atoms with Crippen molar-refractivity contribution in [3.8, 4) is 5.75 Å². The van der Waals surface area contributed by atoms with Crippen LogP contribution in [0.25, 0.3) is 0 Å². The van der Waals surface area contributed by atoms with Crippen LogP contribution in [0.4, 0.5) is 5.69 Å². The summed E-state index contributed by atoms with van der Waals surface area (Å²) in [5, 5.41) is 2.86. The van der Waals surface area contributed by atoms with E-state index in [1.54, 1.807) is 31.4 Å². The van der Waals surface area contributed by atoms with E-state index in [2.05, 4.69) is 27.9 Å². The third kappa shape index (κ3) is 3.63. The predicted molar refractivity (Wildman–Crippen MR) is 87.7 cm³/mol. The highest BCUT2D eigenvalue weighted by molar-refractivity contribution is 14.1. The third-order valence-corrected chi connectivity index (χ3v) is 3.57. The molecule has 2 aromatic carbocycles. The molecule has 0 saturated heterocycles. The summed E-state index contributed by atoms with van der Waals surface area (Å²) >= 11 is 2.20. The lowest BCUT2D eigenvalue weighted by Gasteiger charge is -2.08. The lowest BCUT2D eigenvalue weighted by atomic mass is 10.1. The molecule has 3 N–H and O–H groups in total. The van der Waals surface area contributed by atoms with E-state index in [-0.39, 0.29) is 5.91 Å². The van der Waals surface area contributed by atoms with Crippen molar-refractivity contribution < 1.29 is 9.53 Å². The van der Waals surface area contributed by atoms with Crippen molar-refractivity contribution in [2.45, 2.75) is 6.54 Å². The lowest BCUT2D eigenvalue weighted by Crippen LogP contribution is -2.22. The van der Waals surface area contributed by atoms with Gasteiger partial charge >= 0.3 is 0 Å². The van der Waals surface area contributed by atoms with Crippen LogP contribution >= 0.6 is 22.6 Å². The van der Waals surface area contributed by atoms with Crippen molar-refractivity contribution in [3.63, 3.8) is 0 Å². The van der Waals surface area contributed by atoms with Gasteiger partial charge in [0.15, 0.2) is 0 Å². The normalized spacial score (nSPS) is 10.1. The first-order chi connectivity index (χ1) is 9.60. The Morgan fingerprint density at radius 3 is 2.55 bits per heavy atom. The largest absolute Gasteiger partial charge is 0.495 e. The molecule has 0 radical (unpaired) electrons. The first-order valence-corrected chi connectivity index (χ1v) is 7.14. The Hall–Kier alpha value is -1.76. The molecule has 0 fully saturated rings. The Morgan fingerprint density at radius 1 is 1.25 bits per heavy atom. The maximum Gasteiger partial charge on any atom is 0.251 e. The molecular formula is C15H15IN2O2. The molecule has 0 heterocycles. The highest BCUT2D eigenvalue weighted by Crippen LogP contribution is 2.21. The van der Waals surface area contributed by atoms with Crippen molar-refractivity contribution in [2.75, 3.05) is 12.8 Å². The van der Waals surface area contributed by atoms with Gasteiger partial charge in [-0.05, 0) is 64.6 Å². The van der Waals surface area contributed by atoms with Crippen LogP contribution in [0, 0.1) is 3.57 Å². The zero-order valence-corrected chi connectivity index (χ0v) is 13.2. The molecule has 1 amide bonds. The van der Waals surface area contributed by atoms with Crippen molar-refractivity contribution in [3.05, 3.63) is 57.2 Å². The van der Waals surface area contributed by atoms with Gasteiger partial charge in [-0.2, -0.15) is 0 Å². The first kappa shape index (κ1) is 14.6. The molecule has 0 unspecified atom stereocenters. The SMILES string of the molecule is COc1ccc(CNC(=O)c2ccc(I)cc2)cc1N. The van der Waals surface area contributed by atoms with E-state index in [1.165, 1.54) is 0 Å². The number of hydrogen-bond acceptors (Lipinski definition) is 3. The Kier molecular flexibility index (Phi) is 4.84. The van der Waals surface area contributed by atoms with Gasteiger partial charge in [0.05, 0.1) is 12.8 Å². The van der Waals surface area contributed by atoms with Gasteiger partial charge in [-0.3, -0.25) is 4.79 Å². The standard InChI is InChI=1S/C15H15IN2O2/c1-20-14-7-2-10(8-13(14)17)9-18-15(19)11-3-5-12(16)6-4-11/h2-8H,9,17H2,1H3,(H,18,19). The number of carbonyl (C=O) groups excluding carboxylic acids is 1. The van der Waals surface area contributed by atoms with Gasteiger partial charge in [0.1, 0.15) is 5.75 Å². The van der Waals surface area contributed by atoms with Crippen LogP contribution < -0.4 is 15.8 Å². The molecule has 0 aliphatic carbocycles. The monoisotopic (exact) mass is 382 g/mol. The van der Waals surface area contributed by atoms with Crippen molar-refractivity contribution in [1.29, 1.82) is 0 Å². The molecule has 0 aliphatic rings. The average molecular weight is 382 g/mol. The molecule has 20 heavy (non-hydrogen) atoms. The number of nitrogens with two attached hydrogens (primary N) is 1. The number of amides is 1. The van der Waals surface area contributed by atoms with Crippen LogP contribution in [0.15, 0.2) is 42.5 Å². The maximum absolute atomic E-state index is 12.0. The number of nitrogen functional groups attached to an aromatic ring is 1. The number of halogens is 1. The minimum absolute atomic E-state index is 0.101.